The van der Waals surface area contributed by atoms with Crippen molar-refractivity contribution in [3.63, 3.8) is 0 Å². The Balaban J connectivity index is 2.11. The molecule has 1 aliphatic heterocycles. The third-order valence-electron chi connectivity index (χ3n) is 2.31. The van der Waals surface area contributed by atoms with Crippen LogP contribution in [0.4, 0.5) is 0 Å². The SMILES string of the molecule is C[C@H](O)CC[C@@H]1CC[C@@H](CO)O1. The van der Waals surface area contributed by atoms with E-state index in [1.54, 1.807) is 6.92 Å². The maximum absolute atomic E-state index is 9.03. The second-order valence-corrected chi connectivity index (χ2v) is 3.57. The first-order valence-electron chi connectivity index (χ1n) is 4.66. The third kappa shape index (κ3) is 3.09. The number of hydrogen-bond donors (Lipinski definition) is 2. The van der Waals surface area contributed by atoms with Gasteiger partial charge in [-0.15, -0.1) is 0 Å². The third-order valence-corrected chi connectivity index (χ3v) is 2.31. The van der Waals surface area contributed by atoms with E-state index in [1.807, 2.05) is 0 Å². The summed E-state index contributed by atoms with van der Waals surface area (Å²) in [5.74, 6) is 0. The van der Waals surface area contributed by atoms with Gasteiger partial charge in [-0.25, -0.2) is 0 Å². The number of aliphatic hydroxyl groups excluding tert-OH is 2. The van der Waals surface area contributed by atoms with Crippen LogP contribution in [0.25, 0.3) is 0 Å². The maximum atomic E-state index is 9.03. The Bertz CT molecular complexity index is 125. The van der Waals surface area contributed by atoms with E-state index in [9.17, 15) is 0 Å². The van der Waals surface area contributed by atoms with E-state index in [1.165, 1.54) is 0 Å². The second-order valence-electron chi connectivity index (χ2n) is 3.57. The van der Waals surface area contributed by atoms with Crippen molar-refractivity contribution in [1.82, 2.24) is 0 Å². The average molecular weight is 174 g/mol. The van der Waals surface area contributed by atoms with Gasteiger partial charge in [0.2, 0.25) is 0 Å². The van der Waals surface area contributed by atoms with E-state index in [0.717, 1.165) is 25.7 Å². The zero-order valence-corrected chi connectivity index (χ0v) is 7.57. The van der Waals surface area contributed by atoms with Crippen molar-refractivity contribution >= 4 is 0 Å². The Morgan fingerprint density at radius 2 is 2.08 bits per heavy atom. The van der Waals surface area contributed by atoms with E-state index in [-0.39, 0.29) is 24.9 Å². The van der Waals surface area contributed by atoms with Gasteiger partial charge in [-0.3, -0.25) is 0 Å². The molecule has 0 radical (unpaired) electrons. The zero-order valence-electron chi connectivity index (χ0n) is 7.57. The first-order chi connectivity index (χ1) is 5.72. The van der Waals surface area contributed by atoms with Gasteiger partial charge in [-0.05, 0) is 32.6 Å². The van der Waals surface area contributed by atoms with Crippen LogP contribution in [0, 0.1) is 0 Å². The highest BCUT2D eigenvalue weighted by Gasteiger charge is 2.24. The molecule has 1 fully saturated rings. The Morgan fingerprint density at radius 3 is 2.58 bits per heavy atom. The smallest absolute Gasteiger partial charge is 0.0810 e. The molecule has 0 unspecified atom stereocenters. The molecule has 1 rings (SSSR count). The fourth-order valence-corrected chi connectivity index (χ4v) is 1.55. The summed E-state index contributed by atoms with van der Waals surface area (Å²) < 4.78 is 5.50. The van der Waals surface area contributed by atoms with Crippen LogP contribution >= 0.6 is 0 Å². The molecular weight excluding hydrogens is 156 g/mol. The molecule has 0 aromatic heterocycles. The lowest BCUT2D eigenvalue weighted by Crippen LogP contribution is -2.15. The van der Waals surface area contributed by atoms with Gasteiger partial charge in [0.1, 0.15) is 0 Å². The molecule has 3 heteroatoms. The highest BCUT2D eigenvalue weighted by Crippen LogP contribution is 2.23. The van der Waals surface area contributed by atoms with Crippen molar-refractivity contribution in [2.45, 2.75) is 50.9 Å². The molecule has 0 aromatic carbocycles. The number of aliphatic hydroxyl groups is 2. The normalized spacial score (nSPS) is 32.2. The van der Waals surface area contributed by atoms with Crippen molar-refractivity contribution in [1.29, 1.82) is 0 Å². The summed E-state index contributed by atoms with van der Waals surface area (Å²) in [5.41, 5.74) is 0. The number of hydrogen-bond acceptors (Lipinski definition) is 3. The molecule has 3 nitrogen and oxygen atoms in total. The summed E-state index contributed by atoms with van der Waals surface area (Å²) >= 11 is 0. The molecule has 2 N–H and O–H groups in total. The van der Waals surface area contributed by atoms with Crippen molar-refractivity contribution in [2.75, 3.05) is 6.61 Å². The van der Waals surface area contributed by atoms with Crippen LogP contribution in [0.1, 0.15) is 32.6 Å². The Labute approximate surface area is 73.4 Å². The van der Waals surface area contributed by atoms with Gasteiger partial charge in [0.25, 0.3) is 0 Å². The fourth-order valence-electron chi connectivity index (χ4n) is 1.55. The first kappa shape index (κ1) is 9.96. The summed E-state index contributed by atoms with van der Waals surface area (Å²) in [6.45, 7) is 1.92. The minimum absolute atomic E-state index is 0.0454. The van der Waals surface area contributed by atoms with Gasteiger partial charge in [0, 0.05) is 0 Å². The molecule has 1 aliphatic rings. The van der Waals surface area contributed by atoms with E-state index in [2.05, 4.69) is 0 Å². The van der Waals surface area contributed by atoms with Crippen LogP contribution in [-0.4, -0.2) is 35.1 Å². The van der Waals surface area contributed by atoms with E-state index in [0.29, 0.717) is 0 Å². The highest BCUT2D eigenvalue weighted by atomic mass is 16.5. The van der Waals surface area contributed by atoms with Crippen LogP contribution in [0.2, 0.25) is 0 Å². The van der Waals surface area contributed by atoms with Crippen molar-refractivity contribution in [3.8, 4) is 0 Å². The van der Waals surface area contributed by atoms with Crippen LogP contribution in [0.3, 0.4) is 0 Å². The molecule has 3 atom stereocenters. The molecule has 0 aromatic rings. The predicted octanol–water partition coefficient (Wildman–Crippen LogP) is 0.687. The molecule has 0 saturated carbocycles. The molecule has 0 spiro atoms. The topological polar surface area (TPSA) is 49.7 Å². The number of rotatable bonds is 4. The largest absolute Gasteiger partial charge is 0.394 e. The minimum Gasteiger partial charge on any atom is -0.394 e. The van der Waals surface area contributed by atoms with Crippen LogP contribution in [-0.2, 0) is 4.74 Å². The molecule has 12 heavy (non-hydrogen) atoms. The van der Waals surface area contributed by atoms with Gasteiger partial charge in [-0.2, -0.15) is 0 Å². The van der Waals surface area contributed by atoms with Crippen molar-refractivity contribution < 1.29 is 14.9 Å². The van der Waals surface area contributed by atoms with Gasteiger partial charge < -0.3 is 14.9 Å². The van der Waals surface area contributed by atoms with Crippen LogP contribution in [0.15, 0.2) is 0 Å². The lowest BCUT2D eigenvalue weighted by molar-refractivity contribution is 0.00327. The fraction of sp³-hybridized carbons (Fsp3) is 1.00. The Hall–Kier alpha value is -0.120. The van der Waals surface area contributed by atoms with Crippen LogP contribution in [0.5, 0.6) is 0 Å². The predicted molar refractivity (Wildman–Crippen MR) is 45.9 cm³/mol. The maximum Gasteiger partial charge on any atom is 0.0810 e. The quantitative estimate of drug-likeness (QED) is 0.659. The summed E-state index contributed by atoms with van der Waals surface area (Å²) in [5, 5.41) is 17.8. The standard InChI is InChI=1S/C9H18O3/c1-7(11)2-3-8-4-5-9(6-10)12-8/h7-11H,2-6H2,1H3/t7-,8+,9-/m0/s1. The van der Waals surface area contributed by atoms with Gasteiger partial charge in [0.15, 0.2) is 0 Å². The summed E-state index contributed by atoms with van der Waals surface area (Å²) in [4.78, 5) is 0. The molecule has 0 aliphatic carbocycles. The lowest BCUT2D eigenvalue weighted by Gasteiger charge is -2.12. The van der Waals surface area contributed by atoms with Crippen molar-refractivity contribution in [2.24, 2.45) is 0 Å². The molecule has 0 amide bonds. The lowest BCUT2D eigenvalue weighted by atomic mass is 10.1. The number of ether oxygens (including phenoxy) is 1. The first-order valence-corrected chi connectivity index (χ1v) is 4.66. The van der Waals surface area contributed by atoms with Crippen LogP contribution < -0.4 is 0 Å². The molecule has 72 valence electrons. The molecule has 1 heterocycles. The summed E-state index contributed by atoms with van der Waals surface area (Å²) in [7, 11) is 0. The summed E-state index contributed by atoms with van der Waals surface area (Å²) in [6.07, 6.45) is 3.76. The van der Waals surface area contributed by atoms with Gasteiger partial charge >= 0.3 is 0 Å². The summed E-state index contributed by atoms with van der Waals surface area (Å²) in [6, 6.07) is 0. The van der Waals surface area contributed by atoms with E-state index >= 15 is 0 Å². The van der Waals surface area contributed by atoms with E-state index in [4.69, 9.17) is 14.9 Å². The van der Waals surface area contributed by atoms with Gasteiger partial charge in [-0.1, -0.05) is 0 Å². The van der Waals surface area contributed by atoms with Gasteiger partial charge in [0.05, 0.1) is 24.9 Å². The van der Waals surface area contributed by atoms with E-state index < -0.39 is 0 Å². The van der Waals surface area contributed by atoms with Crippen molar-refractivity contribution in [3.05, 3.63) is 0 Å². The average Bonchev–Trinajstić information content (AvgIpc) is 2.48. The monoisotopic (exact) mass is 174 g/mol. The molecular formula is C9H18O3. The molecule has 0 bridgehead atoms. The second kappa shape index (κ2) is 4.80. The Kier molecular flexibility index (Phi) is 3.98. The minimum atomic E-state index is -0.234. The molecule has 1 saturated heterocycles. The zero-order chi connectivity index (χ0) is 8.97. The Morgan fingerprint density at radius 1 is 1.42 bits per heavy atom. The highest BCUT2D eigenvalue weighted by molar-refractivity contribution is 4.73.